The molecule has 0 bridgehead atoms. The van der Waals surface area contributed by atoms with Crippen LogP contribution in [0, 0.1) is 11.8 Å². The average Bonchev–Trinajstić information content (AvgIpc) is 3.05. The molecule has 2 N–H and O–H groups in total. The highest BCUT2D eigenvalue weighted by atomic mass is 16.7. The number of carbonyl (C=O) groups is 2. The van der Waals surface area contributed by atoms with Crippen LogP contribution in [-0.2, 0) is 40.0 Å². The Labute approximate surface area is 277 Å². The number of ether oxygens (including phenoxy) is 6. The maximum absolute atomic E-state index is 13.0. The first kappa shape index (κ1) is 41.9. The van der Waals surface area contributed by atoms with Gasteiger partial charge in [0, 0.05) is 37.6 Å². The summed E-state index contributed by atoms with van der Waals surface area (Å²) in [6.45, 7) is 16.7. The molecule has 0 aliphatic rings. The van der Waals surface area contributed by atoms with Crippen molar-refractivity contribution < 1.29 is 48.2 Å². The fourth-order valence-corrected chi connectivity index (χ4v) is 5.67. The van der Waals surface area contributed by atoms with Crippen molar-refractivity contribution in [1.29, 1.82) is 0 Å². The Morgan fingerprint density at radius 3 is 1.24 bits per heavy atom. The number of unbranched alkanes of at least 4 members (excludes halogenated alkanes) is 2. The van der Waals surface area contributed by atoms with Gasteiger partial charge in [-0.05, 0) is 64.5 Å². The first-order chi connectivity index (χ1) is 22.1. The number of carboxylic acid groups (broad SMARTS) is 2. The smallest absolute Gasteiger partial charge is 0.336 e. The Hall–Kier alpha value is -2.08. The summed E-state index contributed by atoms with van der Waals surface area (Å²) in [5.74, 6) is -5.79. The van der Waals surface area contributed by atoms with Gasteiger partial charge in [-0.25, -0.2) is 9.59 Å². The number of benzene rings is 1. The molecule has 0 aromatic heterocycles. The summed E-state index contributed by atoms with van der Waals surface area (Å²) >= 11 is 0. The van der Waals surface area contributed by atoms with E-state index < -0.39 is 23.5 Å². The molecular weight excluding hydrogens is 592 g/mol. The van der Waals surface area contributed by atoms with Crippen LogP contribution in [-0.4, -0.2) is 75.0 Å². The molecule has 0 aliphatic carbocycles. The quantitative estimate of drug-likeness (QED) is 0.0857. The maximum atomic E-state index is 13.0. The van der Waals surface area contributed by atoms with E-state index in [0.717, 1.165) is 51.4 Å². The van der Waals surface area contributed by atoms with Gasteiger partial charge >= 0.3 is 11.9 Å². The van der Waals surface area contributed by atoms with Crippen LogP contribution < -0.4 is 0 Å². The molecule has 1 aromatic rings. The van der Waals surface area contributed by atoms with Gasteiger partial charge in [-0.1, -0.05) is 66.2 Å². The summed E-state index contributed by atoms with van der Waals surface area (Å²) in [5, 5.41) is 21.3. The van der Waals surface area contributed by atoms with Crippen molar-refractivity contribution in [2.24, 2.45) is 11.8 Å². The second kappa shape index (κ2) is 22.5. The van der Waals surface area contributed by atoms with Gasteiger partial charge in [-0.3, -0.25) is 0 Å². The van der Waals surface area contributed by atoms with Crippen molar-refractivity contribution in [3.8, 4) is 0 Å². The van der Waals surface area contributed by atoms with Gasteiger partial charge in [0.1, 0.15) is 13.2 Å². The van der Waals surface area contributed by atoms with Crippen LogP contribution >= 0.6 is 0 Å². The zero-order valence-corrected chi connectivity index (χ0v) is 29.8. The predicted molar refractivity (Wildman–Crippen MR) is 178 cm³/mol. The fraction of sp³-hybridized carbons (Fsp3) is 0.778. The van der Waals surface area contributed by atoms with Gasteiger partial charge in [0.2, 0.25) is 11.6 Å². The summed E-state index contributed by atoms with van der Waals surface area (Å²) in [6.07, 6.45) is 7.62. The number of hydrogen-bond donors (Lipinski definition) is 2. The van der Waals surface area contributed by atoms with Crippen molar-refractivity contribution in [3.63, 3.8) is 0 Å². The summed E-state index contributed by atoms with van der Waals surface area (Å²) in [7, 11) is 0. The standard InChI is InChI=1S/C36H62O10/c1-9-17-19-27(11-3)23-45-35(43-15-7,25-41-13-5)31-29(33(37)38)21-22-30(34(39)40)32(31)36(44-16-8,26-42-14-6)46-24-28(12-4)20-18-10-2/h21-22,27-28H,9-20,23-26H2,1-8H3,(H,37,38)(H,39,40). The van der Waals surface area contributed by atoms with Crippen molar-refractivity contribution >= 4 is 11.9 Å². The van der Waals surface area contributed by atoms with E-state index in [1.165, 1.54) is 12.1 Å². The van der Waals surface area contributed by atoms with Crippen LogP contribution in [0.2, 0.25) is 0 Å². The highest BCUT2D eigenvalue weighted by Gasteiger charge is 2.50. The SMILES string of the molecule is CCCCC(CC)COC(COCC)(OCC)c1c(C(=O)O)ccc(C(=O)O)c1C(COCC)(OCC)OCC(CC)CCCC. The van der Waals surface area contributed by atoms with Gasteiger partial charge in [-0.2, -0.15) is 0 Å². The second-order valence-corrected chi connectivity index (χ2v) is 11.6. The molecule has 266 valence electrons. The maximum Gasteiger partial charge on any atom is 0.336 e. The summed E-state index contributed by atoms with van der Waals surface area (Å²) in [5.41, 5.74) is -0.348. The second-order valence-electron chi connectivity index (χ2n) is 11.6. The molecule has 46 heavy (non-hydrogen) atoms. The molecule has 4 atom stereocenters. The molecule has 10 heteroatoms. The molecule has 0 fully saturated rings. The molecule has 1 rings (SSSR count). The Morgan fingerprint density at radius 1 is 0.609 bits per heavy atom. The van der Waals surface area contributed by atoms with Crippen LogP contribution in [0.1, 0.15) is 139 Å². The third-order valence-electron chi connectivity index (χ3n) is 8.37. The normalized spacial score (nSPS) is 15.7. The first-order valence-corrected chi connectivity index (χ1v) is 17.5. The van der Waals surface area contributed by atoms with E-state index in [2.05, 4.69) is 27.7 Å². The molecule has 0 spiro atoms. The Bertz CT molecular complexity index is 936. The lowest BCUT2D eigenvalue weighted by molar-refractivity contribution is -0.290. The molecular formula is C36H62O10. The predicted octanol–water partition coefficient (Wildman–Crippen LogP) is 8.00. The number of aromatic carboxylic acids is 2. The monoisotopic (exact) mass is 654 g/mol. The topological polar surface area (TPSA) is 130 Å². The van der Waals surface area contributed by atoms with Crippen LogP contribution in [0.4, 0.5) is 0 Å². The summed E-state index contributed by atoms with van der Waals surface area (Å²) in [4.78, 5) is 26.1. The zero-order chi connectivity index (χ0) is 34.6. The third-order valence-corrected chi connectivity index (χ3v) is 8.37. The fourth-order valence-electron chi connectivity index (χ4n) is 5.67. The zero-order valence-electron chi connectivity index (χ0n) is 29.8. The molecule has 0 saturated carbocycles. The average molecular weight is 655 g/mol. The largest absolute Gasteiger partial charge is 0.478 e. The molecule has 0 heterocycles. The van der Waals surface area contributed by atoms with Gasteiger partial charge in [0.05, 0.1) is 24.3 Å². The van der Waals surface area contributed by atoms with E-state index in [4.69, 9.17) is 28.4 Å². The molecule has 0 radical (unpaired) electrons. The molecule has 0 aliphatic heterocycles. The van der Waals surface area contributed by atoms with Gasteiger partial charge < -0.3 is 38.6 Å². The lowest BCUT2D eigenvalue weighted by Crippen LogP contribution is -2.48. The Morgan fingerprint density at radius 2 is 0.978 bits per heavy atom. The summed E-state index contributed by atoms with van der Waals surface area (Å²) < 4.78 is 38.1. The van der Waals surface area contributed by atoms with Crippen LogP contribution in [0.5, 0.6) is 0 Å². The van der Waals surface area contributed by atoms with Crippen molar-refractivity contribution in [3.05, 3.63) is 34.4 Å². The third kappa shape index (κ3) is 11.9. The van der Waals surface area contributed by atoms with Crippen LogP contribution in [0.15, 0.2) is 12.1 Å². The van der Waals surface area contributed by atoms with E-state index in [9.17, 15) is 19.8 Å². The Kier molecular flexibility index (Phi) is 20.5. The lowest BCUT2D eigenvalue weighted by Gasteiger charge is -2.42. The van der Waals surface area contributed by atoms with E-state index in [-0.39, 0.29) is 73.7 Å². The number of rotatable bonds is 28. The number of carboxylic acids is 2. The van der Waals surface area contributed by atoms with Gasteiger partial charge in [0.15, 0.2) is 0 Å². The first-order valence-electron chi connectivity index (χ1n) is 17.5. The summed E-state index contributed by atoms with van der Waals surface area (Å²) in [6, 6.07) is 2.57. The van der Waals surface area contributed by atoms with E-state index in [1.807, 2.05) is 13.8 Å². The minimum absolute atomic E-state index is 0.00954. The highest BCUT2D eigenvalue weighted by molar-refractivity contribution is 5.95. The highest BCUT2D eigenvalue weighted by Crippen LogP contribution is 2.44. The molecule has 0 amide bonds. The van der Waals surface area contributed by atoms with E-state index in [1.54, 1.807) is 13.8 Å². The number of hydrogen-bond acceptors (Lipinski definition) is 8. The minimum Gasteiger partial charge on any atom is -0.478 e. The molecule has 0 saturated heterocycles. The van der Waals surface area contributed by atoms with E-state index >= 15 is 0 Å². The lowest BCUT2D eigenvalue weighted by atomic mass is 9.85. The van der Waals surface area contributed by atoms with E-state index in [0.29, 0.717) is 13.2 Å². The van der Waals surface area contributed by atoms with Crippen molar-refractivity contribution in [1.82, 2.24) is 0 Å². The minimum atomic E-state index is -1.79. The molecule has 10 nitrogen and oxygen atoms in total. The van der Waals surface area contributed by atoms with Crippen molar-refractivity contribution in [2.45, 2.75) is 118 Å². The Balaban J connectivity index is 4.29. The van der Waals surface area contributed by atoms with Crippen LogP contribution in [0.25, 0.3) is 0 Å². The van der Waals surface area contributed by atoms with Gasteiger partial charge in [0.25, 0.3) is 0 Å². The van der Waals surface area contributed by atoms with Gasteiger partial charge in [-0.15, -0.1) is 0 Å². The van der Waals surface area contributed by atoms with Crippen molar-refractivity contribution in [2.75, 3.05) is 52.9 Å². The molecule has 1 aromatic carbocycles. The molecule has 4 unspecified atom stereocenters. The van der Waals surface area contributed by atoms with Crippen LogP contribution in [0.3, 0.4) is 0 Å².